The molecule has 0 amide bonds. The molecule has 4 nitrogen and oxygen atoms in total. The van der Waals surface area contributed by atoms with Gasteiger partial charge in [0.05, 0.1) is 7.11 Å². The molecule has 16 heavy (non-hydrogen) atoms. The topological polar surface area (TPSA) is 47.9 Å². The summed E-state index contributed by atoms with van der Waals surface area (Å²) in [6.45, 7) is 0. The summed E-state index contributed by atoms with van der Waals surface area (Å²) in [6, 6.07) is 7.52. The van der Waals surface area contributed by atoms with Gasteiger partial charge >= 0.3 is 0 Å². The van der Waals surface area contributed by atoms with Crippen LogP contribution in [-0.4, -0.2) is 22.1 Å². The lowest BCUT2D eigenvalue weighted by atomic mass is 10.2. The van der Waals surface area contributed by atoms with Gasteiger partial charge in [0, 0.05) is 5.56 Å². The normalized spacial score (nSPS) is 10.2. The second kappa shape index (κ2) is 4.88. The Kier molecular flexibility index (Phi) is 3.50. The number of methoxy groups -OCH3 is 1. The first-order valence-corrected chi connectivity index (χ1v) is 5.99. The molecule has 0 spiro atoms. The van der Waals surface area contributed by atoms with Crippen molar-refractivity contribution in [3.63, 3.8) is 0 Å². The lowest BCUT2D eigenvalue weighted by Crippen LogP contribution is -1.94. The third kappa shape index (κ3) is 2.56. The number of ether oxygens (including phenoxy) is 1. The molecule has 1 heterocycles. The highest BCUT2D eigenvalue weighted by atomic mass is 79.9. The van der Waals surface area contributed by atoms with E-state index in [0.717, 1.165) is 11.3 Å². The smallest absolute Gasteiger partial charge is 0.201 e. The third-order valence-corrected chi connectivity index (χ3v) is 2.64. The minimum Gasteiger partial charge on any atom is -0.497 e. The van der Waals surface area contributed by atoms with Crippen LogP contribution in [-0.2, 0) is 0 Å². The van der Waals surface area contributed by atoms with E-state index in [1.165, 1.54) is 0 Å². The second-order valence-corrected chi connectivity index (χ2v) is 4.34. The predicted molar refractivity (Wildman–Crippen MR) is 67.2 cm³/mol. The predicted octanol–water partition coefficient (Wildman–Crippen LogP) is 3.07. The molecule has 2 aromatic rings. The molecule has 0 N–H and O–H groups in total. The molecule has 0 aliphatic rings. The van der Waals surface area contributed by atoms with Gasteiger partial charge in [0.15, 0.2) is 5.82 Å². The molecule has 0 saturated carbocycles. The molecule has 1 aromatic heterocycles. The lowest BCUT2D eigenvalue weighted by molar-refractivity contribution is 0.415. The van der Waals surface area contributed by atoms with Gasteiger partial charge in [-0.05, 0) is 56.1 Å². The van der Waals surface area contributed by atoms with Gasteiger partial charge in [0.2, 0.25) is 9.47 Å². The van der Waals surface area contributed by atoms with E-state index in [1.807, 2.05) is 24.3 Å². The number of hydrogen-bond acceptors (Lipinski definition) is 4. The molecule has 6 heteroatoms. The molecule has 0 aliphatic heterocycles. The molecule has 0 fully saturated rings. The summed E-state index contributed by atoms with van der Waals surface area (Å²) in [5.41, 5.74) is 0.907. The van der Waals surface area contributed by atoms with Gasteiger partial charge in [-0.15, -0.1) is 0 Å². The number of hydrogen-bond donors (Lipinski definition) is 0. The fraction of sp³-hybridized carbons (Fsp3) is 0.100. The Labute approximate surface area is 109 Å². The van der Waals surface area contributed by atoms with Crippen LogP contribution in [0, 0.1) is 0 Å². The van der Waals surface area contributed by atoms with Gasteiger partial charge in [-0.1, -0.05) is 0 Å². The first-order valence-electron chi connectivity index (χ1n) is 4.40. The van der Waals surface area contributed by atoms with Gasteiger partial charge in [0.1, 0.15) is 5.75 Å². The highest BCUT2D eigenvalue weighted by Gasteiger charge is 2.05. The molecule has 0 aliphatic carbocycles. The summed E-state index contributed by atoms with van der Waals surface area (Å²) in [7, 11) is 1.63. The molecule has 0 radical (unpaired) electrons. The Morgan fingerprint density at radius 2 is 1.50 bits per heavy atom. The molecule has 0 saturated heterocycles. The molecular formula is C10H7Br2N3O. The van der Waals surface area contributed by atoms with Crippen molar-refractivity contribution in [2.45, 2.75) is 0 Å². The summed E-state index contributed by atoms with van der Waals surface area (Å²) >= 11 is 6.44. The van der Waals surface area contributed by atoms with Crippen molar-refractivity contribution in [2.24, 2.45) is 0 Å². The van der Waals surface area contributed by atoms with E-state index in [-0.39, 0.29) is 0 Å². The van der Waals surface area contributed by atoms with E-state index < -0.39 is 0 Å². The maximum atomic E-state index is 5.08. The van der Waals surface area contributed by atoms with Crippen molar-refractivity contribution in [3.8, 4) is 17.1 Å². The van der Waals surface area contributed by atoms with E-state index in [9.17, 15) is 0 Å². The Bertz CT molecular complexity index is 482. The van der Waals surface area contributed by atoms with Crippen molar-refractivity contribution in [3.05, 3.63) is 33.7 Å². The molecule has 0 unspecified atom stereocenters. The summed E-state index contributed by atoms with van der Waals surface area (Å²) in [4.78, 5) is 12.3. The summed E-state index contributed by atoms with van der Waals surface area (Å²) in [6.07, 6.45) is 0. The van der Waals surface area contributed by atoms with Gasteiger partial charge < -0.3 is 4.74 Å². The van der Waals surface area contributed by atoms with Crippen LogP contribution in [0.5, 0.6) is 5.75 Å². The number of halogens is 2. The first-order chi connectivity index (χ1) is 7.69. The zero-order valence-electron chi connectivity index (χ0n) is 8.32. The van der Waals surface area contributed by atoms with Crippen molar-refractivity contribution < 1.29 is 4.74 Å². The maximum absolute atomic E-state index is 5.08. The molecule has 82 valence electrons. The van der Waals surface area contributed by atoms with Crippen molar-refractivity contribution in [1.82, 2.24) is 15.0 Å². The third-order valence-electron chi connectivity index (χ3n) is 1.93. The Morgan fingerprint density at radius 3 is 2.00 bits per heavy atom. The van der Waals surface area contributed by atoms with E-state index in [0.29, 0.717) is 15.3 Å². The maximum Gasteiger partial charge on any atom is 0.201 e. The molecular weight excluding hydrogens is 338 g/mol. The second-order valence-electron chi connectivity index (χ2n) is 2.93. The number of nitrogens with zero attached hydrogens (tertiary/aromatic N) is 3. The SMILES string of the molecule is COc1ccc(-c2nc(Br)nc(Br)n2)cc1. The zero-order chi connectivity index (χ0) is 11.5. The Hall–Kier alpha value is -1.01. The van der Waals surface area contributed by atoms with E-state index in [1.54, 1.807) is 7.11 Å². The minimum absolute atomic E-state index is 0.500. The van der Waals surface area contributed by atoms with Crippen LogP contribution in [0.1, 0.15) is 0 Å². The molecule has 0 atom stereocenters. The Morgan fingerprint density at radius 1 is 0.938 bits per heavy atom. The quantitative estimate of drug-likeness (QED) is 0.840. The molecule has 2 rings (SSSR count). The average Bonchev–Trinajstić information content (AvgIpc) is 2.28. The number of benzene rings is 1. The van der Waals surface area contributed by atoms with E-state index >= 15 is 0 Å². The largest absolute Gasteiger partial charge is 0.497 e. The minimum atomic E-state index is 0.500. The van der Waals surface area contributed by atoms with Crippen LogP contribution in [0.15, 0.2) is 33.7 Å². The summed E-state index contributed by atoms with van der Waals surface area (Å²) in [5, 5.41) is 0. The van der Waals surface area contributed by atoms with Crippen molar-refractivity contribution >= 4 is 31.9 Å². The highest BCUT2D eigenvalue weighted by Crippen LogP contribution is 2.21. The number of aromatic nitrogens is 3. The first kappa shape index (κ1) is 11.5. The van der Waals surface area contributed by atoms with Crippen LogP contribution in [0.2, 0.25) is 0 Å². The van der Waals surface area contributed by atoms with Gasteiger partial charge in [-0.25, -0.2) is 9.97 Å². The van der Waals surface area contributed by atoms with E-state index in [2.05, 4.69) is 46.8 Å². The molecule has 0 bridgehead atoms. The number of rotatable bonds is 2. The summed E-state index contributed by atoms with van der Waals surface area (Å²) < 4.78 is 6.08. The van der Waals surface area contributed by atoms with Gasteiger partial charge in [-0.3, -0.25) is 0 Å². The van der Waals surface area contributed by atoms with Gasteiger partial charge in [-0.2, -0.15) is 4.98 Å². The Balaban J connectivity index is 2.42. The molecule has 1 aromatic carbocycles. The van der Waals surface area contributed by atoms with E-state index in [4.69, 9.17) is 4.74 Å². The van der Waals surface area contributed by atoms with Crippen molar-refractivity contribution in [1.29, 1.82) is 0 Å². The van der Waals surface area contributed by atoms with Crippen LogP contribution < -0.4 is 4.74 Å². The fourth-order valence-electron chi connectivity index (χ4n) is 1.20. The zero-order valence-corrected chi connectivity index (χ0v) is 11.5. The highest BCUT2D eigenvalue weighted by molar-refractivity contribution is 9.11. The lowest BCUT2D eigenvalue weighted by Gasteiger charge is -2.02. The van der Waals surface area contributed by atoms with Crippen LogP contribution in [0.4, 0.5) is 0 Å². The van der Waals surface area contributed by atoms with Crippen molar-refractivity contribution in [2.75, 3.05) is 7.11 Å². The van der Waals surface area contributed by atoms with Crippen LogP contribution in [0.3, 0.4) is 0 Å². The standard InChI is InChI=1S/C10H7Br2N3O/c1-16-7-4-2-6(3-5-7)8-13-9(11)15-10(12)14-8/h2-5H,1H3. The van der Waals surface area contributed by atoms with Crippen LogP contribution in [0.25, 0.3) is 11.4 Å². The monoisotopic (exact) mass is 343 g/mol. The average molecular weight is 345 g/mol. The fourth-order valence-corrected chi connectivity index (χ4v) is 2.10. The summed E-state index contributed by atoms with van der Waals surface area (Å²) in [5.74, 6) is 1.41. The van der Waals surface area contributed by atoms with Gasteiger partial charge in [0.25, 0.3) is 0 Å². The van der Waals surface area contributed by atoms with Crippen LogP contribution >= 0.6 is 31.9 Å².